The molecule has 0 aliphatic heterocycles. The van der Waals surface area contributed by atoms with Crippen molar-refractivity contribution in [1.82, 2.24) is 29.4 Å². The molecule has 0 aliphatic carbocycles. The Hall–Kier alpha value is -3.49. The fourth-order valence-corrected chi connectivity index (χ4v) is 2.95. The van der Waals surface area contributed by atoms with Gasteiger partial charge in [0, 0.05) is 31.8 Å². The van der Waals surface area contributed by atoms with E-state index in [4.69, 9.17) is 4.74 Å². The monoisotopic (exact) mass is 382 g/mol. The van der Waals surface area contributed by atoms with Gasteiger partial charge in [-0.25, -0.2) is 4.79 Å². The number of esters is 1. The minimum atomic E-state index is -0.463. The molecule has 9 nitrogen and oxygen atoms in total. The molecule has 0 unspecified atom stereocenters. The Labute approximate surface area is 162 Å². The maximum absolute atomic E-state index is 12.7. The lowest BCUT2D eigenvalue weighted by Gasteiger charge is -2.17. The van der Waals surface area contributed by atoms with Crippen molar-refractivity contribution in [1.29, 1.82) is 0 Å². The van der Waals surface area contributed by atoms with Crippen molar-refractivity contribution in [3.8, 4) is 11.1 Å². The lowest BCUT2D eigenvalue weighted by molar-refractivity contribution is 0.0589. The Bertz CT molecular complexity index is 990. The number of carbonyl (C=O) groups excluding carboxylic acids is 2. The molecule has 146 valence electrons. The number of aromatic nitrogens is 5. The molecule has 0 N–H and O–H groups in total. The van der Waals surface area contributed by atoms with E-state index in [0.29, 0.717) is 23.4 Å². The smallest absolute Gasteiger partial charge is 0.356 e. The third-order valence-corrected chi connectivity index (χ3v) is 4.52. The van der Waals surface area contributed by atoms with E-state index in [9.17, 15) is 9.59 Å². The molecule has 0 aliphatic rings. The fourth-order valence-electron chi connectivity index (χ4n) is 2.95. The molecule has 1 amide bonds. The minimum absolute atomic E-state index is 0.128. The van der Waals surface area contributed by atoms with E-state index in [1.807, 2.05) is 11.5 Å². The zero-order valence-corrected chi connectivity index (χ0v) is 16.3. The van der Waals surface area contributed by atoms with Crippen LogP contribution in [0.4, 0.5) is 0 Å². The Morgan fingerprint density at radius 3 is 2.57 bits per heavy atom. The van der Waals surface area contributed by atoms with Gasteiger partial charge in [-0.3, -0.25) is 9.48 Å². The van der Waals surface area contributed by atoms with Crippen molar-refractivity contribution in [3.05, 3.63) is 53.9 Å². The summed E-state index contributed by atoms with van der Waals surface area (Å²) in [5.74, 6) is 0.138. The van der Waals surface area contributed by atoms with Crippen molar-refractivity contribution in [2.75, 3.05) is 14.2 Å². The van der Waals surface area contributed by atoms with Gasteiger partial charge in [0.2, 0.25) is 0 Å². The first kappa shape index (κ1) is 19.3. The second kappa shape index (κ2) is 8.03. The highest BCUT2D eigenvalue weighted by Gasteiger charge is 2.20. The zero-order chi connectivity index (χ0) is 20.3. The summed E-state index contributed by atoms with van der Waals surface area (Å²) in [6.07, 6.45) is 3.25. The van der Waals surface area contributed by atoms with E-state index in [2.05, 4.69) is 15.3 Å². The van der Waals surface area contributed by atoms with E-state index in [-0.39, 0.29) is 5.91 Å². The van der Waals surface area contributed by atoms with Crippen LogP contribution in [0.5, 0.6) is 0 Å². The third-order valence-electron chi connectivity index (χ3n) is 4.52. The Kier molecular flexibility index (Phi) is 5.53. The van der Waals surface area contributed by atoms with E-state index in [1.165, 1.54) is 11.8 Å². The lowest BCUT2D eigenvalue weighted by atomic mass is 10.0. The van der Waals surface area contributed by atoms with Crippen LogP contribution in [0, 0.1) is 0 Å². The van der Waals surface area contributed by atoms with Gasteiger partial charge in [-0.1, -0.05) is 12.1 Å². The molecule has 28 heavy (non-hydrogen) atoms. The molecule has 0 saturated heterocycles. The zero-order valence-electron chi connectivity index (χ0n) is 16.3. The Morgan fingerprint density at radius 2 is 1.93 bits per heavy atom. The second-order valence-corrected chi connectivity index (χ2v) is 6.29. The second-order valence-electron chi connectivity index (χ2n) is 6.29. The maximum atomic E-state index is 12.7. The van der Waals surface area contributed by atoms with E-state index < -0.39 is 5.97 Å². The summed E-state index contributed by atoms with van der Waals surface area (Å²) >= 11 is 0. The number of carbonyl (C=O) groups is 2. The number of ether oxygens (including phenoxy) is 1. The van der Waals surface area contributed by atoms with E-state index >= 15 is 0 Å². The summed E-state index contributed by atoms with van der Waals surface area (Å²) in [5.41, 5.74) is 2.33. The molecule has 0 spiro atoms. The van der Waals surface area contributed by atoms with Crippen molar-refractivity contribution in [3.63, 3.8) is 0 Å². The van der Waals surface area contributed by atoms with Gasteiger partial charge in [0.25, 0.3) is 5.91 Å². The first-order chi connectivity index (χ1) is 13.5. The lowest BCUT2D eigenvalue weighted by Crippen LogP contribution is -2.27. The van der Waals surface area contributed by atoms with Crippen LogP contribution in [-0.4, -0.2) is 55.5 Å². The largest absolute Gasteiger partial charge is 0.464 e. The predicted octanol–water partition coefficient (Wildman–Crippen LogP) is 1.76. The van der Waals surface area contributed by atoms with Gasteiger partial charge in [-0.2, -0.15) is 5.10 Å². The molecular weight excluding hydrogens is 360 g/mol. The quantitative estimate of drug-likeness (QED) is 0.603. The van der Waals surface area contributed by atoms with E-state index in [0.717, 1.165) is 17.9 Å². The summed E-state index contributed by atoms with van der Waals surface area (Å²) < 4.78 is 8.19. The number of hydrogen-bond acceptors (Lipinski definition) is 6. The van der Waals surface area contributed by atoms with E-state index in [1.54, 1.807) is 55.8 Å². The fraction of sp³-hybridized carbons (Fsp3) is 0.316. The van der Waals surface area contributed by atoms with Gasteiger partial charge in [0.15, 0.2) is 11.5 Å². The van der Waals surface area contributed by atoms with Crippen LogP contribution in [0.25, 0.3) is 11.1 Å². The third kappa shape index (κ3) is 3.64. The topological polar surface area (TPSA) is 95.1 Å². The van der Waals surface area contributed by atoms with Crippen molar-refractivity contribution < 1.29 is 14.3 Å². The molecule has 1 aromatic carbocycles. The molecule has 9 heteroatoms. The van der Waals surface area contributed by atoms with Gasteiger partial charge in [0.05, 0.1) is 19.9 Å². The average Bonchev–Trinajstić information content (AvgIpc) is 3.32. The number of methoxy groups -OCH3 is 1. The highest BCUT2D eigenvalue weighted by molar-refractivity contribution is 5.97. The maximum Gasteiger partial charge on any atom is 0.356 e. The SMILES string of the molecule is CCn1cnnc1CN(C)C(=O)c1ccc(-c2cnn(C)c2C(=O)OC)cc1. The van der Waals surface area contributed by atoms with Crippen LogP contribution in [0.15, 0.2) is 36.8 Å². The van der Waals surface area contributed by atoms with Gasteiger partial charge in [0.1, 0.15) is 6.33 Å². The number of aryl methyl sites for hydroxylation is 2. The summed E-state index contributed by atoms with van der Waals surface area (Å²) in [7, 11) is 4.73. The van der Waals surface area contributed by atoms with Crippen LogP contribution in [0.1, 0.15) is 33.6 Å². The molecule has 0 radical (unpaired) electrons. The molecule has 3 rings (SSSR count). The minimum Gasteiger partial charge on any atom is -0.464 e. The highest BCUT2D eigenvalue weighted by atomic mass is 16.5. The molecule has 0 saturated carbocycles. The van der Waals surface area contributed by atoms with Crippen LogP contribution in [0.3, 0.4) is 0 Å². The van der Waals surface area contributed by atoms with Crippen molar-refractivity contribution >= 4 is 11.9 Å². The molecule has 0 atom stereocenters. The summed E-state index contributed by atoms with van der Waals surface area (Å²) in [5, 5.41) is 12.1. The van der Waals surface area contributed by atoms with Crippen LogP contribution < -0.4 is 0 Å². The molecule has 0 fully saturated rings. The van der Waals surface area contributed by atoms with Gasteiger partial charge in [-0.05, 0) is 24.6 Å². The summed E-state index contributed by atoms with van der Waals surface area (Å²) in [6, 6.07) is 7.04. The Morgan fingerprint density at radius 1 is 1.21 bits per heavy atom. The molecule has 3 aromatic rings. The summed E-state index contributed by atoms with van der Waals surface area (Å²) in [6.45, 7) is 3.10. The van der Waals surface area contributed by atoms with Crippen molar-refractivity contribution in [2.24, 2.45) is 7.05 Å². The first-order valence-corrected chi connectivity index (χ1v) is 8.79. The molecule has 2 aromatic heterocycles. The number of hydrogen-bond donors (Lipinski definition) is 0. The van der Waals surface area contributed by atoms with Crippen LogP contribution in [-0.2, 0) is 24.9 Å². The predicted molar refractivity (Wildman–Crippen MR) is 101 cm³/mol. The molecular formula is C19H22N6O3. The highest BCUT2D eigenvalue weighted by Crippen LogP contribution is 2.24. The average molecular weight is 382 g/mol. The molecule has 0 bridgehead atoms. The number of amides is 1. The van der Waals surface area contributed by atoms with Gasteiger partial charge in [-0.15, -0.1) is 10.2 Å². The molecule has 2 heterocycles. The standard InChI is InChI=1S/C19H22N6O3/c1-5-25-12-20-22-16(25)11-23(2)18(26)14-8-6-13(7-9-14)15-10-21-24(3)17(15)19(27)28-4/h6-10,12H,5,11H2,1-4H3. The number of rotatable bonds is 6. The number of benzene rings is 1. The normalized spacial score (nSPS) is 10.7. The first-order valence-electron chi connectivity index (χ1n) is 8.79. The Balaban J connectivity index is 1.79. The number of nitrogens with zero attached hydrogens (tertiary/aromatic N) is 6. The van der Waals surface area contributed by atoms with Gasteiger partial charge >= 0.3 is 5.97 Å². The van der Waals surface area contributed by atoms with Gasteiger partial charge < -0.3 is 14.2 Å². The van der Waals surface area contributed by atoms with Crippen LogP contribution >= 0.6 is 0 Å². The van der Waals surface area contributed by atoms with Crippen LogP contribution in [0.2, 0.25) is 0 Å². The summed E-state index contributed by atoms with van der Waals surface area (Å²) in [4.78, 5) is 26.3. The van der Waals surface area contributed by atoms with Crippen molar-refractivity contribution in [2.45, 2.75) is 20.0 Å².